The number of benzene rings is 2. The Balaban J connectivity index is 1.92. The first-order valence-corrected chi connectivity index (χ1v) is 8.79. The van der Waals surface area contributed by atoms with Gasteiger partial charge in [0.15, 0.2) is 4.80 Å². The van der Waals surface area contributed by atoms with Crippen LogP contribution in [0.4, 0.5) is 0 Å². The zero-order valence-corrected chi connectivity index (χ0v) is 15.4. The van der Waals surface area contributed by atoms with Gasteiger partial charge in [-0.2, -0.15) is 4.99 Å². The van der Waals surface area contributed by atoms with Crippen molar-refractivity contribution < 1.29 is 4.79 Å². The van der Waals surface area contributed by atoms with Crippen LogP contribution in [-0.4, -0.2) is 10.5 Å². The molecule has 0 bridgehead atoms. The van der Waals surface area contributed by atoms with E-state index in [1.54, 1.807) is 24.3 Å². The van der Waals surface area contributed by atoms with Crippen molar-refractivity contribution in [1.29, 1.82) is 0 Å². The molecule has 3 rings (SSSR count). The summed E-state index contributed by atoms with van der Waals surface area (Å²) < 4.78 is 3.02. The smallest absolute Gasteiger partial charge is 0.272 e. The van der Waals surface area contributed by atoms with Crippen molar-refractivity contribution in [2.24, 2.45) is 12.0 Å². The molecule has 1 amide bonds. The van der Waals surface area contributed by atoms with Gasteiger partial charge in [-0.3, -0.25) is 4.79 Å². The van der Waals surface area contributed by atoms with Crippen LogP contribution in [0.3, 0.4) is 0 Å². The van der Waals surface area contributed by atoms with Crippen molar-refractivity contribution in [1.82, 2.24) is 4.57 Å². The molecule has 0 aliphatic carbocycles. The van der Waals surface area contributed by atoms with Crippen molar-refractivity contribution >= 4 is 56.7 Å². The summed E-state index contributed by atoms with van der Waals surface area (Å²) in [6, 6.07) is 11.3. The topological polar surface area (TPSA) is 34.4 Å². The molecule has 0 radical (unpaired) electrons. The van der Waals surface area contributed by atoms with Gasteiger partial charge in [-0.05, 0) is 48.4 Å². The van der Waals surface area contributed by atoms with Gasteiger partial charge in [0.25, 0.3) is 5.91 Å². The Kier molecular flexibility index (Phi) is 4.90. The molecule has 3 aromatic rings. The molecule has 0 N–H and O–H groups in total. The Hall–Kier alpha value is -1.88. The first kappa shape index (κ1) is 17.0. The molecule has 6 heteroatoms. The van der Waals surface area contributed by atoms with Crippen LogP contribution >= 0.6 is 34.5 Å². The van der Waals surface area contributed by atoms with Crippen LogP contribution < -0.4 is 4.80 Å². The minimum absolute atomic E-state index is 0.333. The van der Waals surface area contributed by atoms with Crippen molar-refractivity contribution in [3.63, 3.8) is 0 Å². The average Bonchev–Trinajstić information content (AvgIpc) is 2.82. The third-order valence-corrected chi connectivity index (χ3v) is 5.20. The zero-order chi connectivity index (χ0) is 17.3. The van der Waals surface area contributed by atoms with Gasteiger partial charge in [-0.25, -0.2) is 0 Å². The molecule has 0 spiro atoms. The molecule has 24 heavy (non-hydrogen) atoms. The van der Waals surface area contributed by atoms with Crippen molar-refractivity contribution in [3.05, 3.63) is 68.4 Å². The number of hydrogen-bond acceptors (Lipinski definition) is 2. The van der Waals surface area contributed by atoms with Crippen molar-refractivity contribution in [2.75, 3.05) is 0 Å². The number of amides is 1. The van der Waals surface area contributed by atoms with Gasteiger partial charge in [-0.1, -0.05) is 46.7 Å². The van der Waals surface area contributed by atoms with E-state index in [1.807, 2.05) is 30.7 Å². The van der Waals surface area contributed by atoms with Crippen LogP contribution in [0.15, 0.2) is 47.5 Å². The normalized spacial score (nSPS) is 12.4. The highest BCUT2D eigenvalue weighted by Gasteiger charge is 2.04. The first-order chi connectivity index (χ1) is 11.4. The molecular formula is C18H14Cl2N2OS. The van der Waals surface area contributed by atoms with Crippen molar-refractivity contribution in [3.8, 4) is 0 Å². The second kappa shape index (κ2) is 6.93. The molecule has 1 heterocycles. The molecule has 0 saturated carbocycles. The minimum atomic E-state index is -0.333. The fraction of sp³-hybridized carbons (Fsp3) is 0.111. The van der Waals surface area contributed by atoms with Crippen LogP contribution in [0.1, 0.15) is 11.1 Å². The van der Waals surface area contributed by atoms with Crippen LogP contribution in [0, 0.1) is 6.92 Å². The van der Waals surface area contributed by atoms with E-state index in [-0.39, 0.29) is 5.91 Å². The number of thiazole rings is 1. The predicted octanol–water partition coefficient (Wildman–Crippen LogP) is 5.00. The third-order valence-electron chi connectivity index (χ3n) is 3.54. The molecular weight excluding hydrogens is 363 g/mol. The summed E-state index contributed by atoms with van der Waals surface area (Å²) in [4.78, 5) is 17.0. The lowest BCUT2D eigenvalue weighted by Crippen LogP contribution is -2.12. The first-order valence-electron chi connectivity index (χ1n) is 7.22. The zero-order valence-electron chi connectivity index (χ0n) is 13.1. The molecule has 0 atom stereocenters. The lowest BCUT2D eigenvalue weighted by Gasteiger charge is -1.97. The van der Waals surface area contributed by atoms with E-state index in [2.05, 4.69) is 11.1 Å². The van der Waals surface area contributed by atoms with Gasteiger partial charge in [0, 0.05) is 23.2 Å². The van der Waals surface area contributed by atoms with Gasteiger partial charge in [-0.15, -0.1) is 0 Å². The van der Waals surface area contributed by atoms with E-state index in [0.717, 1.165) is 15.8 Å². The Morgan fingerprint density at radius 2 is 2.00 bits per heavy atom. The van der Waals surface area contributed by atoms with E-state index in [9.17, 15) is 4.79 Å². The number of rotatable bonds is 2. The fourth-order valence-electron chi connectivity index (χ4n) is 2.28. The highest BCUT2D eigenvalue weighted by atomic mass is 35.5. The molecule has 1 aromatic heterocycles. The van der Waals surface area contributed by atoms with Gasteiger partial charge in [0.1, 0.15) is 0 Å². The molecule has 2 aromatic carbocycles. The number of carbonyl (C=O) groups excluding carboxylic acids is 1. The predicted molar refractivity (Wildman–Crippen MR) is 102 cm³/mol. The van der Waals surface area contributed by atoms with Gasteiger partial charge < -0.3 is 4.57 Å². The monoisotopic (exact) mass is 376 g/mol. The summed E-state index contributed by atoms with van der Waals surface area (Å²) in [5.41, 5.74) is 2.96. The summed E-state index contributed by atoms with van der Waals surface area (Å²) in [7, 11) is 1.90. The number of carbonyl (C=O) groups is 1. The Labute approximate surface area is 153 Å². The Morgan fingerprint density at radius 3 is 2.75 bits per heavy atom. The van der Waals surface area contributed by atoms with Crippen molar-refractivity contribution in [2.45, 2.75) is 6.92 Å². The van der Waals surface area contributed by atoms with Crippen LogP contribution in [0.25, 0.3) is 16.3 Å². The van der Waals surface area contributed by atoms with Crippen LogP contribution in [-0.2, 0) is 11.8 Å². The standard InChI is InChI=1S/C18H14Cl2N2OS/c1-11-3-7-15-16(9-11)24-18(22(15)2)21-17(23)8-5-12-4-6-13(19)10-14(12)20/h3-10H,1-2H3/b8-5+,21-18?. The molecule has 0 fully saturated rings. The van der Waals surface area contributed by atoms with E-state index >= 15 is 0 Å². The number of nitrogens with zero attached hydrogens (tertiary/aromatic N) is 2. The largest absolute Gasteiger partial charge is 0.319 e. The number of aryl methyl sites for hydroxylation is 2. The maximum absolute atomic E-state index is 12.1. The lowest BCUT2D eigenvalue weighted by molar-refractivity contribution is -0.113. The second-order valence-electron chi connectivity index (χ2n) is 5.36. The molecule has 0 saturated heterocycles. The summed E-state index contributed by atoms with van der Waals surface area (Å²) in [6.07, 6.45) is 3.05. The summed E-state index contributed by atoms with van der Waals surface area (Å²) in [6.45, 7) is 2.04. The fourth-order valence-corrected chi connectivity index (χ4v) is 3.87. The number of halogens is 2. The minimum Gasteiger partial charge on any atom is -0.319 e. The van der Waals surface area contributed by atoms with E-state index in [0.29, 0.717) is 14.8 Å². The van der Waals surface area contributed by atoms with Crippen LogP contribution in [0.2, 0.25) is 10.0 Å². The second-order valence-corrected chi connectivity index (χ2v) is 7.22. The molecule has 0 unspecified atom stereocenters. The quantitative estimate of drug-likeness (QED) is 0.579. The molecule has 0 aliphatic heterocycles. The maximum Gasteiger partial charge on any atom is 0.272 e. The molecule has 122 valence electrons. The highest BCUT2D eigenvalue weighted by Crippen LogP contribution is 2.22. The van der Waals surface area contributed by atoms with E-state index in [4.69, 9.17) is 23.2 Å². The maximum atomic E-state index is 12.1. The van der Waals surface area contributed by atoms with Gasteiger partial charge in [0.2, 0.25) is 0 Å². The average molecular weight is 377 g/mol. The number of aromatic nitrogens is 1. The molecule has 3 nitrogen and oxygen atoms in total. The third kappa shape index (κ3) is 3.61. The van der Waals surface area contributed by atoms with Gasteiger partial charge >= 0.3 is 0 Å². The summed E-state index contributed by atoms with van der Waals surface area (Å²) >= 11 is 13.4. The van der Waals surface area contributed by atoms with E-state index in [1.165, 1.54) is 23.0 Å². The number of hydrogen-bond donors (Lipinski definition) is 0. The lowest BCUT2D eigenvalue weighted by atomic mass is 10.2. The van der Waals surface area contributed by atoms with Crippen LogP contribution in [0.5, 0.6) is 0 Å². The Bertz CT molecular complexity index is 1030. The summed E-state index contributed by atoms with van der Waals surface area (Å²) in [5, 5.41) is 1.05. The summed E-state index contributed by atoms with van der Waals surface area (Å²) in [5.74, 6) is -0.333. The Morgan fingerprint density at radius 1 is 1.21 bits per heavy atom. The van der Waals surface area contributed by atoms with E-state index < -0.39 is 0 Å². The SMILES string of the molecule is Cc1ccc2c(c1)sc(=NC(=O)/C=C/c1ccc(Cl)cc1Cl)n2C. The number of fused-ring (bicyclic) bond motifs is 1. The highest BCUT2D eigenvalue weighted by molar-refractivity contribution is 7.16. The van der Waals surface area contributed by atoms with Gasteiger partial charge in [0.05, 0.1) is 10.2 Å². The molecule has 0 aliphatic rings.